The summed E-state index contributed by atoms with van der Waals surface area (Å²) in [7, 11) is 0. The first-order valence-electron chi connectivity index (χ1n) is 3.87. The first-order valence-corrected chi connectivity index (χ1v) is 3.87. The van der Waals surface area contributed by atoms with E-state index in [0.717, 1.165) is 0 Å². The van der Waals surface area contributed by atoms with E-state index < -0.39 is 0 Å². The predicted octanol–water partition coefficient (Wildman–Crippen LogP) is 1.54. The van der Waals surface area contributed by atoms with Gasteiger partial charge >= 0.3 is 0 Å². The highest BCUT2D eigenvalue weighted by Crippen LogP contribution is 2.48. The first-order chi connectivity index (χ1) is 4.12. The molecule has 0 aromatic carbocycles. The van der Waals surface area contributed by atoms with E-state index in [1.165, 1.54) is 25.8 Å². The van der Waals surface area contributed by atoms with Crippen molar-refractivity contribution >= 4 is 0 Å². The lowest BCUT2D eigenvalue weighted by atomic mass is 9.90. The van der Waals surface area contributed by atoms with Gasteiger partial charge in [-0.2, -0.15) is 0 Å². The molecule has 1 aliphatic carbocycles. The van der Waals surface area contributed by atoms with Crippen molar-refractivity contribution in [2.45, 2.75) is 38.6 Å². The number of rotatable bonds is 0. The van der Waals surface area contributed by atoms with Crippen molar-refractivity contribution in [3.05, 3.63) is 0 Å². The molecular formula is C8H15N. The zero-order chi connectivity index (χ0) is 6.54. The van der Waals surface area contributed by atoms with E-state index in [4.69, 9.17) is 0 Å². The van der Waals surface area contributed by atoms with Gasteiger partial charge < -0.3 is 5.32 Å². The Bertz CT molecular complexity index is 116. The average molecular weight is 125 g/mol. The van der Waals surface area contributed by atoms with Crippen LogP contribution in [0.15, 0.2) is 0 Å². The third kappa shape index (κ3) is 0.710. The molecule has 0 spiro atoms. The van der Waals surface area contributed by atoms with Gasteiger partial charge in [-0.3, -0.25) is 0 Å². The zero-order valence-corrected chi connectivity index (χ0v) is 6.33. The Labute approximate surface area is 56.8 Å². The van der Waals surface area contributed by atoms with Crippen LogP contribution in [0, 0.1) is 5.41 Å². The van der Waals surface area contributed by atoms with Gasteiger partial charge in [0.15, 0.2) is 0 Å². The van der Waals surface area contributed by atoms with Crippen LogP contribution in [-0.4, -0.2) is 12.1 Å². The molecule has 0 radical (unpaired) electrons. The number of hydrogen-bond donors (Lipinski definition) is 1. The molecule has 2 bridgehead atoms. The number of fused-ring (bicyclic) bond motifs is 2. The van der Waals surface area contributed by atoms with Gasteiger partial charge in [-0.05, 0) is 31.6 Å². The van der Waals surface area contributed by atoms with E-state index in [1.807, 2.05) is 0 Å². The molecule has 2 unspecified atom stereocenters. The monoisotopic (exact) mass is 125 g/mol. The SMILES string of the molecule is CC12CCC(C)(C1)NC2. The predicted molar refractivity (Wildman–Crippen MR) is 38.4 cm³/mol. The number of hydrogen-bond acceptors (Lipinski definition) is 1. The van der Waals surface area contributed by atoms with Crippen LogP contribution in [0.4, 0.5) is 0 Å². The lowest BCUT2D eigenvalue weighted by Gasteiger charge is -2.23. The molecule has 1 saturated heterocycles. The fourth-order valence-electron chi connectivity index (χ4n) is 2.42. The van der Waals surface area contributed by atoms with Crippen LogP contribution in [0.1, 0.15) is 33.1 Å². The number of nitrogens with one attached hydrogen (secondary N) is 1. The van der Waals surface area contributed by atoms with Crippen LogP contribution in [0.2, 0.25) is 0 Å². The topological polar surface area (TPSA) is 12.0 Å². The maximum Gasteiger partial charge on any atom is 0.0159 e. The highest BCUT2D eigenvalue weighted by Gasteiger charge is 2.48. The van der Waals surface area contributed by atoms with Crippen molar-refractivity contribution in [1.29, 1.82) is 0 Å². The van der Waals surface area contributed by atoms with Crippen LogP contribution < -0.4 is 5.32 Å². The number of piperidine rings is 1. The summed E-state index contributed by atoms with van der Waals surface area (Å²) in [4.78, 5) is 0. The van der Waals surface area contributed by atoms with Gasteiger partial charge in [-0.15, -0.1) is 0 Å². The van der Waals surface area contributed by atoms with E-state index in [1.54, 1.807) is 0 Å². The highest BCUT2D eigenvalue weighted by molar-refractivity contribution is 5.06. The minimum Gasteiger partial charge on any atom is -0.311 e. The molecule has 1 heterocycles. The van der Waals surface area contributed by atoms with Gasteiger partial charge in [0.2, 0.25) is 0 Å². The summed E-state index contributed by atoms with van der Waals surface area (Å²) in [5, 5.41) is 3.57. The molecule has 52 valence electrons. The van der Waals surface area contributed by atoms with Gasteiger partial charge in [0.1, 0.15) is 0 Å². The van der Waals surface area contributed by atoms with Crippen molar-refractivity contribution in [3.8, 4) is 0 Å². The summed E-state index contributed by atoms with van der Waals surface area (Å²) < 4.78 is 0. The molecule has 2 aliphatic rings. The van der Waals surface area contributed by atoms with E-state index in [-0.39, 0.29) is 0 Å². The summed E-state index contributed by atoms with van der Waals surface area (Å²) in [6.07, 6.45) is 4.24. The second-order valence-corrected chi connectivity index (χ2v) is 4.40. The summed E-state index contributed by atoms with van der Waals surface area (Å²) in [6.45, 7) is 6.01. The Hall–Kier alpha value is -0.0400. The molecule has 2 fully saturated rings. The molecule has 2 rings (SSSR count). The van der Waals surface area contributed by atoms with Crippen molar-refractivity contribution < 1.29 is 0 Å². The fraction of sp³-hybridized carbons (Fsp3) is 1.00. The van der Waals surface area contributed by atoms with E-state index in [2.05, 4.69) is 19.2 Å². The smallest absolute Gasteiger partial charge is 0.0159 e. The quantitative estimate of drug-likeness (QED) is 0.518. The maximum absolute atomic E-state index is 3.57. The molecule has 0 aromatic rings. The standard InChI is InChI=1S/C8H15N/c1-7-3-4-8(2,5-7)9-6-7/h9H,3-6H2,1-2H3. The summed E-state index contributed by atoms with van der Waals surface area (Å²) in [5.41, 5.74) is 1.18. The first kappa shape index (κ1) is 5.72. The largest absolute Gasteiger partial charge is 0.311 e. The van der Waals surface area contributed by atoms with Crippen molar-refractivity contribution in [1.82, 2.24) is 5.32 Å². The van der Waals surface area contributed by atoms with Crippen LogP contribution in [0.25, 0.3) is 0 Å². The van der Waals surface area contributed by atoms with Crippen molar-refractivity contribution in [2.75, 3.05) is 6.54 Å². The van der Waals surface area contributed by atoms with E-state index in [9.17, 15) is 0 Å². The van der Waals surface area contributed by atoms with Crippen LogP contribution in [-0.2, 0) is 0 Å². The molecular weight excluding hydrogens is 110 g/mol. The molecule has 1 nitrogen and oxygen atoms in total. The second-order valence-electron chi connectivity index (χ2n) is 4.40. The molecule has 1 aliphatic heterocycles. The lowest BCUT2D eigenvalue weighted by molar-refractivity contribution is 0.337. The Balaban J connectivity index is 2.25. The highest BCUT2D eigenvalue weighted by atomic mass is 15.0. The molecule has 1 saturated carbocycles. The molecule has 2 atom stereocenters. The second kappa shape index (κ2) is 1.34. The third-order valence-electron chi connectivity index (χ3n) is 3.04. The normalized spacial score (nSPS) is 56.7. The van der Waals surface area contributed by atoms with Crippen LogP contribution >= 0.6 is 0 Å². The molecule has 1 heteroatoms. The third-order valence-corrected chi connectivity index (χ3v) is 3.04. The molecule has 1 N–H and O–H groups in total. The Morgan fingerprint density at radius 3 is 2.11 bits per heavy atom. The minimum atomic E-state index is 0.523. The zero-order valence-electron chi connectivity index (χ0n) is 6.33. The molecule has 0 amide bonds. The van der Waals surface area contributed by atoms with Crippen molar-refractivity contribution in [2.24, 2.45) is 5.41 Å². The molecule has 0 aromatic heterocycles. The minimum absolute atomic E-state index is 0.523. The van der Waals surface area contributed by atoms with Crippen molar-refractivity contribution in [3.63, 3.8) is 0 Å². The fourth-order valence-corrected chi connectivity index (χ4v) is 2.42. The average Bonchev–Trinajstić information content (AvgIpc) is 2.19. The Morgan fingerprint density at radius 2 is 2.00 bits per heavy atom. The van der Waals surface area contributed by atoms with Gasteiger partial charge in [0.05, 0.1) is 0 Å². The van der Waals surface area contributed by atoms with Gasteiger partial charge in [-0.25, -0.2) is 0 Å². The summed E-state index contributed by atoms with van der Waals surface area (Å²) in [5.74, 6) is 0. The Morgan fingerprint density at radius 1 is 1.22 bits per heavy atom. The molecule has 9 heavy (non-hydrogen) atoms. The Kier molecular flexibility index (Phi) is 0.852. The van der Waals surface area contributed by atoms with Crippen LogP contribution in [0.5, 0.6) is 0 Å². The van der Waals surface area contributed by atoms with Gasteiger partial charge in [0.25, 0.3) is 0 Å². The van der Waals surface area contributed by atoms with E-state index >= 15 is 0 Å². The maximum atomic E-state index is 3.57. The van der Waals surface area contributed by atoms with Gasteiger partial charge in [0, 0.05) is 12.1 Å². The van der Waals surface area contributed by atoms with Gasteiger partial charge in [-0.1, -0.05) is 6.92 Å². The lowest BCUT2D eigenvalue weighted by Crippen LogP contribution is -2.37. The van der Waals surface area contributed by atoms with Crippen LogP contribution in [0.3, 0.4) is 0 Å². The summed E-state index contributed by atoms with van der Waals surface area (Å²) in [6, 6.07) is 0. The van der Waals surface area contributed by atoms with E-state index in [0.29, 0.717) is 11.0 Å². The summed E-state index contributed by atoms with van der Waals surface area (Å²) >= 11 is 0.